The number of anilines is 1. The van der Waals surface area contributed by atoms with Crippen LogP contribution in [0.5, 0.6) is 0 Å². The van der Waals surface area contributed by atoms with Gasteiger partial charge in [0.25, 0.3) is 0 Å². The Balaban J connectivity index is 2.42. The van der Waals surface area contributed by atoms with Crippen molar-refractivity contribution in [3.63, 3.8) is 0 Å². The molecule has 2 N–H and O–H groups in total. The maximum absolute atomic E-state index is 11.0. The van der Waals surface area contributed by atoms with Crippen molar-refractivity contribution in [3.05, 3.63) is 29.8 Å². The lowest BCUT2D eigenvalue weighted by Crippen LogP contribution is -2.10. The van der Waals surface area contributed by atoms with E-state index >= 15 is 0 Å². The lowest BCUT2D eigenvalue weighted by Gasteiger charge is -2.12. The van der Waals surface area contributed by atoms with E-state index in [2.05, 4.69) is 5.32 Å². The highest BCUT2D eigenvalue weighted by molar-refractivity contribution is 5.79. The van der Waals surface area contributed by atoms with E-state index in [0.29, 0.717) is 0 Å². The van der Waals surface area contributed by atoms with Gasteiger partial charge in [-0.15, -0.1) is 0 Å². The Morgan fingerprint density at radius 1 is 1.43 bits per heavy atom. The van der Waals surface area contributed by atoms with Crippen LogP contribution in [0, 0.1) is 0 Å². The molecule has 1 heterocycles. The number of carboxylic acids is 1. The molecule has 3 nitrogen and oxygen atoms in total. The first-order chi connectivity index (χ1) is 6.79. The average molecular weight is 191 g/mol. The zero-order chi connectivity index (χ0) is 9.97. The van der Waals surface area contributed by atoms with Gasteiger partial charge >= 0.3 is 5.97 Å². The molecule has 0 bridgehead atoms. The molecule has 0 aromatic heterocycles. The van der Waals surface area contributed by atoms with Crippen molar-refractivity contribution in [2.24, 2.45) is 0 Å². The van der Waals surface area contributed by atoms with E-state index in [-0.39, 0.29) is 5.92 Å². The summed E-state index contributed by atoms with van der Waals surface area (Å²) in [7, 11) is 0. The first kappa shape index (κ1) is 9.06. The molecule has 2 rings (SSSR count). The summed E-state index contributed by atoms with van der Waals surface area (Å²) in [4.78, 5) is 11.0. The van der Waals surface area contributed by atoms with Gasteiger partial charge in [-0.1, -0.05) is 18.2 Å². The highest BCUT2D eigenvalue weighted by Gasteiger charge is 2.23. The van der Waals surface area contributed by atoms with Crippen LogP contribution >= 0.6 is 0 Å². The molecule has 1 aromatic rings. The van der Waals surface area contributed by atoms with E-state index in [1.54, 1.807) is 0 Å². The predicted molar refractivity (Wildman–Crippen MR) is 54.5 cm³/mol. The molecule has 1 unspecified atom stereocenters. The standard InChI is InChI=1S/C11H13NO2/c13-11(14)9-5-3-7-12-10-6-2-1-4-8(9)10/h1-2,4,6,9,12H,3,5,7H2,(H,13,14). The fourth-order valence-electron chi connectivity index (χ4n) is 1.90. The molecule has 0 saturated heterocycles. The Labute approximate surface area is 82.8 Å². The van der Waals surface area contributed by atoms with E-state index in [1.807, 2.05) is 24.3 Å². The van der Waals surface area contributed by atoms with Gasteiger partial charge in [0.15, 0.2) is 0 Å². The summed E-state index contributed by atoms with van der Waals surface area (Å²) >= 11 is 0. The Bertz CT molecular complexity index is 349. The van der Waals surface area contributed by atoms with Crippen molar-refractivity contribution in [3.8, 4) is 0 Å². The summed E-state index contributed by atoms with van der Waals surface area (Å²) in [5.74, 6) is -1.07. The zero-order valence-corrected chi connectivity index (χ0v) is 7.86. The van der Waals surface area contributed by atoms with Gasteiger partial charge < -0.3 is 10.4 Å². The summed E-state index contributed by atoms with van der Waals surface area (Å²) in [6.45, 7) is 0.862. The Morgan fingerprint density at radius 2 is 2.21 bits per heavy atom. The summed E-state index contributed by atoms with van der Waals surface area (Å²) in [6, 6.07) is 7.65. The summed E-state index contributed by atoms with van der Waals surface area (Å²) in [5, 5.41) is 12.3. The third-order valence-corrected chi connectivity index (χ3v) is 2.62. The maximum atomic E-state index is 11.0. The molecular formula is C11H13NO2. The molecule has 0 aliphatic carbocycles. The van der Waals surface area contributed by atoms with Crippen LogP contribution in [0.15, 0.2) is 24.3 Å². The third kappa shape index (κ3) is 1.58. The topological polar surface area (TPSA) is 49.3 Å². The summed E-state index contributed by atoms with van der Waals surface area (Å²) < 4.78 is 0. The Kier molecular flexibility index (Phi) is 2.39. The van der Waals surface area contributed by atoms with Gasteiger partial charge in [-0.3, -0.25) is 4.79 Å². The first-order valence-corrected chi connectivity index (χ1v) is 4.84. The van der Waals surface area contributed by atoms with Crippen molar-refractivity contribution in [2.45, 2.75) is 18.8 Å². The van der Waals surface area contributed by atoms with Crippen LogP contribution in [0.3, 0.4) is 0 Å². The zero-order valence-electron chi connectivity index (χ0n) is 7.86. The van der Waals surface area contributed by atoms with Crippen molar-refractivity contribution in [2.75, 3.05) is 11.9 Å². The van der Waals surface area contributed by atoms with Crippen molar-refractivity contribution >= 4 is 11.7 Å². The van der Waals surface area contributed by atoms with Gasteiger partial charge in [-0.2, -0.15) is 0 Å². The van der Waals surface area contributed by atoms with Gasteiger partial charge in [0, 0.05) is 12.2 Å². The minimum Gasteiger partial charge on any atom is -0.481 e. The van der Waals surface area contributed by atoms with Crippen LogP contribution < -0.4 is 5.32 Å². The molecule has 0 saturated carbocycles. The number of carboxylic acid groups (broad SMARTS) is 1. The molecule has 1 aromatic carbocycles. The van der Waals surface area contributed by atoms with E-state index in [1.165, 1.54) is 0 Å². The van der Waals surface area contributed by atoms with Crippen molar-refractivity contribution < 1.29 is 9.90 Å². The predicted octanol–water partition coefficient (Wildman–Crippen LogP) is 2.06. The second kappa shape index (κ2) is 3.70. The fourth-order valence-corrected chi connectivity index (χ4v) is 1.90. The third-order valence-electron chi connectivity index (χ3n) is 2.62. The second-order valence-corrected chi connectivity index (χ2v) is 3.55. The van der Waals surface area contributed by atoms with E-state index in [9.17, 15) is 4.79 Å². The van der Waals surface area contributed by atoms with Crippen LogP contribution in [0.1, 0.15) is 24.3 Å². The number of carbonyl (C=O) groups is 1. The smallest absolute Gasteiger partial charge is 0.311 e. The number of rotatable bonds is 1. The number of aliphatic carboxylic acids is 1. The average Bonchev–Trinajstić information content (AvgIpc) is 2.39. The van der Waals surface area contributed by atoms with E-state index < -0.39 is 5.97 Å². The van der Waals surface area contributed by atoms with Crippen LogP contribution in [0.4, 0.5) is 5.69 Å². The molecule has 1 aliphatic rings. The number of para-hydroxylation sites is 1. The highest BCUT2D eigenvalue weighted by atomic mass is 16.4. The minimum absolute atomic E-state index is 0.346. The fraction of sp³-hybridized carbons (Fsp3) is 0.364. The number of fused-ring (bicyclic) bond motifs is 1. The molecular weight excluding hydrogens is 178 g/mol. The molecule has 0 spiro atoms. The number of hydrogen-bond acceptors (Lipinski definition) is 2. The summed E-state index contributed by atoms with van der Waals surface area (Å²) in [5.41, 5.74) is 1.88. The van der Waals surface area contributed by atoms with Gasteiger partial charge in [0.2, 0.25) is 0 Å². The van der Waals surface area contributed by atoms with Crippen LogP contribution in [0.25, 0.3) is 0 Å². The SMILES string of the molecule is O=C(O)C1CCCNc2ccccc21. The van der Waals surface area contributed by atoms with Gasteiger partial charge in [0.1, 0.15) is 0 Å². The van der Waals surface area contributed by atoms with Crippen molar-refractivity contribution in [1.29, 1.82) is 0 Å². The maximum Gasteiger partial charge on any atom is 0.311 e. The normalized spacial score (nSPS) is 20.4. The molecule has 1 atom stereocenters. The monoisotopic (exact) mass is 191 g/mol. The molecule has 0 amide bonds. The Hall–Kier alpha value is -1.51. The van der Waals surface area contributed by atoms with Gasteiger partial charge in [-0.05, 0) is 24.5 Å². The largest absolute Gasteiger partial charge is 0.481 e. The second-order valence-electron chi connectivity index (χ2n) is 3.55. The molecule has 0 radical (unpaired) electrons. The van der Waals surface area contributed by atoms with Crippen LogP contribution in [-0.2, 0) is 4.79 Å². The number of benzene rings is 1. The quantitative estimate of drug-likeness (QED) is 0.714. The van der Waals surface area contributed by atoms with E-state index in [4.69, 9.17) is 5.11 Å². The highest BCUT2D eigenvalue weighted by Crippen LogP contribution is 2.30. The lowest BCUT2D eigenvalue weighted by atomic mass is 9.94. The lowest BCUT2D eigenvalue weighted by molar-refractivity contribution is -0.138. The van der Waals surface area contributed by atoms with E-state index in [0.717, 1.165) is 30.6 Å². The number of nitrogens with one attached hydrogen (secondary N) is 1. The molecule has 0 fully saturated rings. The van der Waals surface area contributed by atoms with Crippen molar-refractivity contribution in [1.82, 2.24) is 0 Å². The molecule has 1 aliphatic heterocycles. The first-order valence-electron chi connectivity index (χ1n) is 4.84. The van der Waals surface area contributed by atoms with Crippen LogP contribution in [0.2, 0.25) is 0 Å². The molecule has 3 heteroatoms. The van der Waals surface area contributed by atoms with Crippen LogP contribution in [-0.4, -0.2) is 17.6 Å². The van der Waals surface area contributed by atoms with Gasteiger partial charge in [0.05, 0.1) is 5.92 Å². The Morgan fingerprint density at radius 3 is 3.00 bits per heavy atom. The molecule has 74 valence electrons. The summed E-state index contributed by atoms with van der Waals surface area (Å²) in [6.07, 6.45) is 1.63. The number of hydrogen-bond donors (Lipinski definition) is 2. The molecule has 14 heavy (non-hydrogen) atoms. The minimum atomic E-state index is -0.721. The van der Waals surface area contributed by atoms with Gasteiger partial charge in [-0.25, -0.2) is 0 Å².